The van der Waals surface area contributed by atoms with E-state index in [4.69, 9.17) is 10.00 Å². The summed E-state index contributed by atoms with van der Waals surface area (Å²) in [5, 5.41) is 12.1. The van der Waals surface area contributed by atoms with Crippen molar-refractivity contribution in [3.8, 4) is 17.6 Å². The molecule has 0 aliphatic carbocycles. The lowest BCUT2D eigenvalue weighted by atomic mass is 10.3. The van der Waals surface area contributed by atoms with Crippen LogP contribution >= 0.6 is 0 Å². The standard InChI is InChI=1S/C16H11N5O/c17-11-15-16(20-9-8-19-15)21-12-2-1-3-14(10-12)22-13-4-6-18-7-5-13/h1-10H,(H,20,21). The van der Waals surface area contributed by atoms with Gasteiger partial charge >= 0.3 is 0 Å². The van der Waals surface area contributed by atoms with E-state index in [0.29, 0.717) is 17.3 Å². The second kappa shape index (κ2) is 6.33. The Kier molecular flexibility index (Phi) is 3.89. The molecule has 1 aromatic carbocycles. The van der Waals surface area contributed by atoms with Gasteiger partial charge in [-0.2, -0.15) is 5.26 Å². The Labute approximate surface area is 127 Å². The Bertz CT molecular complexity index is 814. The van der Waals surface area contributed by atoms with Crippen LogP contribution in [0.2, 0.25) is 0 Å². The summed E-state index contributed by atoms with van der Waals surface area (Å²) < 4.78 is 5.73. The fourth-order valence-electron chi connectivity index (χ4n) is 1.83. The molecule has 0 radical (unpaired) electrons. The van der Waals surface area contributed by atoms with E-state index in [1.807, 2.05) is 30.3 Å². The Morgan fingerprint density at radius 3 is 2.59 bits per heavy atom. The number of ether oxygens (including phenoxy) is 1. The number of benzene rings is 1. The second-order valence-electron chi connectivity index (χ2n) is 4.30. The van der Waals surface area contributed by atoms with Crippen LogP contribution in [0.3, 0.4) is 0 Å². The maximum absolute atomic E-state index is 9.02. The summed E-state index contributed by atoms with van der Waals surface area (Å²) >= 11 is 0. The number of hydrogen-bond acceptors (Lipinski definition) is 6. The molecule has 2 heterocycles. The number of nitrogens with zero attached hydrogens (tertiary/aromatic N) is 4. The van der Waals surface area contributed by atoms with Crippen molar-refractivity contribution >= 4 is 11.5 Å². The molecule has 1 N–H and O–H groups in total. The predicted molar refractivity (Wildman–Crippen MR) is 80.8 cm³/mol. The maximum Gasteiger partial charge on any atom is 0.183 e. The van der Waals surface area contributed by atoms with Crippen molar-refractivity contribution < 1.29 is 4.74 Å². The molecule has 0 spiro atoms. The van der Waals surface area contributed by atoms with E-state index in [0.717, 1.165) is 5.69 Å². The third-order valence-electron chi connectivity index (χ3n) is 2.79. The lowest BCUT2D eigenvalue weighted by Gasteiger charge is -2.09. The van der Waals surface area contributed by atoms with Crippen molar-refractivity contribution in [1.82, 2.24) is 15.0 Å². The fourth-order valence-corrected chi connectivity index (χ4v) is 1.83. The largest absolute Gasteiger partial charge is 0.457 e. The summed E-state index contributed by atoms with van der Waals surface area (Å²) in [6.45, 7) is 0. The number of pyridine rings is 1. The average Bonchev–Trinajstić information content (AvgIpc) is 2.57. The first-order valence-electron chi connectivity index (χ1n) is 6.51. The van der Waals surface area contributed by atoms with Crippen LogP contribution in [0.1, 0.15) is 5.69 Å². The van der Waals surface area contributed by atoms with Crippen molar-refractivity contribution in [3.63, 3.8) is 0 Å². The molecule has 2 aromatic heterocycles. The molecule has 0 fully saturated rings. The molecule has 0 atom stereocenters. The van der Waals surface area contributed by atoms with Gasteiger partial charge in [0.2, 0.25) is 0 Å². The second-order valence-corrected chi connectivity index (χ2v) is 4.30. The molecule has 0 aliphatic heterocycles. The van der Waals surface area contributed by atoms with Gasteiger partial charge in [0.05, 0.1) is 0 Å². The van der Waals surface area contributed by atoms with Crippen LogP contribution in [0.5, 0.6) is 11.5 Å². The molecular formula is C16H11N5O. The van der Waals surface area contributed by atoms with Gasteiger partial charge in [-0.25, -0.2) is 9.97 Å². The van der Waals surface area contributed by atoms with E-state index >= 15 is 0 Å². The molecule has 0 aliphatic rings. The van der Waals surface area contributed by atoms with Gasteiger partial charge in [-0.1, -0.05) is 6.07 Å². The van der Waals surface area contributed by atoms with Crippen LogP contribution in [0.4, 0.5) is 11.5 Å². The zero-order chi connectivity index (χ0) is 15.2. The van der Waals surface area contributed by atoms with E-state index in [-0.39, 0.29) is 5.69 Å². The molecular weight excluding hydrogens is 278 g/mol. The van der Waals surface area contributed by atoms with Crippen molar-refractivity contribution in [2.75, 3.05) is 5.32 Å². The third kappa shape index (κ3) is 3.16. The Morgan fingerprint density at radius 2 is 1.77 bits per heavy atom. The molecule has 0 amide bonds. The van der Waals surface area contributed by atoms with Gasteiger partial charge in [-0.3, -0.25) is 4.98 Å². The fraction of sp³-hybridized carbons (Fsp3) is 0. The number of nitriles is 1. The quantitative estimate of drug-likeness (QED) is 0.793. The van der Waals surface area contributed by atoms with Crippen LogP contribution in [0, 0.1) is 11.3 Å². The Hall–Kier alpha value is -3.46. The smallest absolute Gasteiger partial charge is 0.183 e. The van der Waals surface area contributed by atoms with Crippen molar-refractivity contribution in [3.05, 3.63) is 66.9 Å². The van der Waals surface area contributed by atoms with Gasteiger partial charge in [-0.15, -0.1) is 0 Å². The van der Waals surface area contributed by atoms with Crippen LogP contribution in [0.25, 0.3) is 0 Å². The van der Waals surface area contributed by atoms with Crippen LogP contribution in [-0.4, -0.2) is 15.0 Å². The van der Waals surface area contributed by atoms with E-state index in [2.05, 4.69) is 20.3 Å². The number of nitrogens with one attached hydrogen (secondary N) is 1. The first-order chi connectivity index (χ1) is 10.8. The molecule has 0 saturated heterocycles. The summed E-state index contributed by atoms with van der Waals surface area (Å²) in [4.78, 5) is 12.0. The molecule has 22 heavy (non-hydrogen) atoms. The van der Waals surface area contributed by atoms with E-state index in [1.54, 1.807) is 24.5 Å². The minimum atomic E-state index is 0.239. The molecule has 106 valence electrons. The molecule has 3 aromatic rings. The monoisotopic (exact) mass is 289 g/mol. The normalized spacial score (nSPS) is 9.77. The average molecular weight is 289 g/mol. The summed E-state index contributed by atoms with van der Waals surface area (Å²) in [5.74, 6) is 1.77. The van der Waals surface area contributed by atoms with Crippen LogP contribution in [-0.2, 0) is 0 Å². The van der Waals surface area contributed by atoms with Gasteiger partial charge in [0.1, 0.15) is 17.6 Å². The number of aromatic nitrogens is 3. The lowest BCUT2D eigenvalue weighted by Crippen LogP contribution is -1.98. The minimum Gasteiger partial charge on any atom is -0.457 e. The SMILES string of the molecule is N#Cc1nccnc1Nc1cccc(Oc2ccncc2)c1. The topological polar surface area (TPSA) is 83.7 Å². The van der Waals surface area contributed by atoms with E-state index in [1.165, 1.54) is 12.4 Å². The highest BCUT2D eigenvalue weighted by molar-refractivity contribution is 5.62. The van der Waals surface area contributed by atoms with Crippen molar-refractivity contribution in [1.29, 1.82) is 5.26 Å². The Balaban J connectivity index is 1.81. The van der Waals surface area contributed by atoms with Crippen molar-refractivity contribution in [2.24, 2.45) is 0 Å². The highest BCUT2D eigenvalue weighted by Gasteiger charge is 2.05. The molecule has 3 rings (SSSR count). The molecule has 0 unspecified atom stereocenters. The van der Waals surface area contributed by atoms with Gasteiger partial charge in [0.15, 0.2) is 11.5 Å². The Morgan fingerprint density at radius 1 is 0.955 bits per heavy atom. The number of anilines is 2. The number of rotatable bonds is 4. The van der Waals surface area contributed by atoms with E-state index in [9.17, 15) is 0 Å². The van der Waals surface area contributed by atoms with Crippen LogP contribution in [0.15, 0.2) is 61.2 Å². The zero-order valence-corrected chi connectivity index (χ0v) is 11.5. The summed E-state index contributed by atoms with van der Waals surface area (Å²) in [6, 6.07) is 12.9. The highest BCUT2D eigenvalue weighted by atomic mass is 16.5. The van der Waals surface area contributed by atoms with Gasteiger partial charge in [0, 0.05) is 36.5 Å². The minimum absolute atomic E-state index is 0.239. The number of hydrogen-bond donors (Lipinski definition) is 1. The maximum atomic E-state index is 9.02. The van der Waals surface area contributed by atoms with Gasteiger partial charge in [0.25, 0.3) is 0 Å². The lowest BCUT2D eigenvalue weighted by molar-refractivity contribution is 0.482. The first-order valence-corrected chi connectivity index (χ1v) is 6.51. The summed E-state index contributed by atoms with van der Waals surface area (Å²) in [7, 11) is 0. The highest BCUT2D eigenvalue weighted by Crippen LogP contribution is 2.25. The summed E-state index contributed by atoms with van der Waals surface area (Å²) in [5.41, 5.74) is 0.992. The molecule has 0 bridgehead atoms. The molecule has 6 nitrogen and oxygen atoms in total. The van der Waals surface area contributed by atoms with Gasteiger partial charge < -0.3 is 10.1 Å². The summed E-state index contributed by atoms with van der Waals surface area (Å²) in [6.07, 6.45) is 6.33. The first kappa shape index (κ1) is 13.5. The van der Waals surface area contributed by atoms with Gasteiger partial charge in [-0.05, 0) is 24.3 Å². The third-order valence-corrected chi connectivity index (χ3v) is 2.79. The van der Waals surface area contributed by atoms with Crippen LogP contribution < -0.4 is 10.1 Å². The molecule has 6 heteroatoms. The predicted octanol–water partition coefficient (Wildman–Crippen LogP) is 3.28. The van der Waals surface area contributed by atoms with E-state index < -0.39 is 0 Å². The molecule has 0 saturated carbocycles. The van der Waals surface area contributed by atoms with Crippen molar-refractivity contribution in [2.45, 2.75) is 0 Å². The zero-order valence-electron chi connectivity index (χ0n) is 11.5.